The van der Waals surface area contributed by atoms with Gasteiger partial charge in [-0.2, -0.15) is 0 Å². The average Bonchev–Trinajstić information content (AvgIpc) is 2.20. The number of rotatable bonds is 2. The van der Waals surface area contributed by atoms with Crippen LogP contribution in [0.1, 0.15) is 5.56 Å². The molecular weight excluding hydrogens is 205 g/mol. The van der Waals surface area contributed by atoms with Crippen LogP contribution in [0.5, 0.6) is 11.5 Å². The van der Waals surface area contributed by atoms with Gasteiger partial charge in [-0.25, -0.2) is 4.39 Å². The molecule has 0 radical (unpaired) electrons. The summed E-state index contributed by atoms with van der Waals surface area (Å²) in [4.78, 5) is 0. The Hall–Kier alpha value is -2.03. The van der Waals surface area contributed by atoms with Crippen LogP contribution in [-0.2, 0) is 0 Å². The molecule has 0 heterocycles. The first kappa shape index (κ1) is 10.5. The van der Waals surface area contributed by atoms with Crippen molar-refractivity contribution in [1.29, 1.82) is 0 Å². The van der Waals surface area contributed by atoms with Crippen molar-refractivity contribution in [3.05, 3.63) is 53.8 Å². The molecule has 0 aliphatic rings. The molecule has 2 aromatic carbocycles. The molecule has 2 aromatic rings. The van der Waals surface area contributed by atoms with E-state index in [1.54, 1.807) is 18.2 Å². The fourth-order valence-corrected chi connectivity index (χ4v) is 1.47. The highest BCUT2D eigenvalue weighted by Gasteiger charge is 1.99. The van der Waals surface area contributed by atoms with Gasteiger partial charge in [0.05, 0.1) is 0 Å². The van der Waals surface area contributed by atoms with Crippen LogP contribution < -0.4 is 10.5 Å². The summed E-state index contributed by atoms with van der Waals surface area (Å²) in [6, 6.07) is 11.3. The number of halogens is 1. The maximum atomic E-state index is 12.7. The Labute approximate surface area is 93.5 Å². The van der Waals surface area contributed by atoms with E-state index in [4.69, 9.17) is 10.5 Å². The van der Waals surface area contributed by atoms with Gasteiger partial charge >= 0.3 is 0 Å². The number of hydrogen-bond acceptors (Lipinski definition) is 2. The van der Waals surface area contributed by atoms with Crippen LogP contribution in [0.2, 0.25) is 0 Å². The third kappa shape index (κ3) is 2.51. The number of nitrogens with two attached hydrogens (primary N) is 1. The summed E-state index contributed by atoms with van der Waals surface area (Å²) in [5.74, 6) is 0.964. The average molecular weight is 217 g/mol. The minimum Gasteiger partial charge on any atom is -0.457 e. The number of hydrogen-bond donors (Lipinski definition) is 1. The fraction of sp³-hybridized carbons (Fsp3) is 0.0769. The second-order valence-corrected chi connectivity index (χ2v) is 3.64. The van der Waals surface area contributed by atoms with E-state index in [0.717, 1.165) is 5.56 Å². The first-order chi connectivity index (χ1) is 7.63. The zero-order valence-electron chi connectivity index (χ0n) is 8.91. The molecule has 0 amide bonds. The van der Waals surface area contributed by atoms with E-state index in [9.17, 15) is 4.39 Å². The molecule has 0 aliphatic carbocycles. The molecule has 0 saturated carbocycles. The lowest BCUT2D eigenvalue weighted by atomic mass is 10.2. The summed E-state index contributed by atoms with van der Waals surface area (Å²) in [7, 11) is 0. The first-order valence-corrected chi connectivity index (χ1v) is 4.94. The Bertz CT molecular complexity index is 474. The van der Waals surface area contributed by atoms with E-state index in [2.05, 4.69) is 0 Å². The highest BCUT2D eigenvalue weighted by molar-refractivity contribution is 5.48. The molecule has 2 rings (SSSR count). The molecular formula is C13H12FNO. The molecule has 0 aliphatic heterocycles. The molecule has 2 N–H and O–H groups in total. The molecule has 0 atom stereocenters. The van der Waals surface area contributed by atoms with Crippen LogP contribution in [0.4, 0.5) is 10.1 Å². The topological polar surface area (TPSA) is 35.2 Å². The van der Waals surface area contributed by atoms with Crippen molar-refractivity contribution in [2.45, 2.75) is 6.92 Å². The van der Waals surface area contributed by atoms with Crippen molar-refractivity contribution >= 4 is 5.69 Å². The molecule has 3 heteroatoms. The van der Waals surface area contributed by atoms with Gasteiger partial charge in [-0.1, -0.05) is 0 Å². The Kier molecular flexibility index (Phi) is 2.77. The molecule has 0 bridgehead atoms. The minimum absolute atomic E-state index is 0.281. The van der Waals surface area contributed by atoms with Crippen molar-refractivity contribution in [2.75, 3.05) is 5.73 Å². The standard InChI is InChI=1S/C13H12FNO/c1-9-6-11(15)8-13(7-9)16-12-4-2-10(14)3-5-12/h2-8H,15H2,1H3. The number of benzene rings is 2. The summed E-state index contributed by atoms with van der Waals surface area (Å²) >= 11 is 0. The van der Waals surface area contributed by atoms with E-state index in [-0.39, 0.29) is 5.82 Å². The number of nitrogen functional groups attached to an aromatic ring is 1. The second kappa shape index (κ2) is 4.23. The Balaban J connectivity index is 2.23. The number of ether oxygens (including phenoxy) is 1. The first-order valence-electron chi connectivity index (χ1n) is 4.94. The van der Waals surface area contributed by atoms with Gasteiger partial charge in [0, 0.05) is 11.8 Å². The van der Waals surface area contributed by atoms with Gasteiger partial charge < -0.3 is 10.5 Å². The van der Waals surface area contributed by atoms with Crippen LogP contribution in [0.25, 0.3) is 0 Å². The van der Waals surface area contributed by atoms with Gasteiger partial charge in [0.15, 0.2) is 0 Å². The SMILES string of the molecule is Cc1cc(N)cc(Oc2ccc(F)cc2)c1. The summed E-state index contributed by atoms with van der Waals surface area (Å²) in [6.07, 6.45) is 0. The summed E-state index contributed by atoms with van der Waals surface area (Å²) in [6.45, 7) is 1.94. The lowest BCUT2D eigenvalue weighted by Crippen LogP contribution is -1.89. The highest BCUT2D eigenvalue weighted by Crippen LogP contribution is 2.24. The Morgan fingerprint density at radius 1 is 1.00 bits per heavy atom. The number of aryl methyl sites for hydroxylation is 1. The van der Waals surface area contributed by atoms with E-state index in [1.165, 1.54) is 12.1 Å². The Morgan fingerprint density at radius 2 is 1.69 bits per heavy atom. The van der Waals surface area contributed by atoms with Crippen molar-refractivity contribution in [1.82, 2.24) is 0 Å². The van der Waals surface area contributed by atoms with Crippen molar-refractivity contribution in [3.8, 4) is 11.5 Å². The van der Waals surface area contributed by atoms with Gasteiger partial charge in [0.25, 0.3) is 0 Å². The van der Waals surface area contributed by atoms with Gasteiger partial charge in [0.1, 0.15) is 17.3 Å². The highest BCUT2D eigenvalue weighted by atomic mass is 19.1. The van der Waals surface area contributed by atoms with Crippen molar-refractivity contribution in [2.24, 2.45) is 0 Å². The van der Waals surface area contributed by atoms with Crippen molar-refractivity contribution in [3.63, 3.8) is 0 Å². The van der Waals surface area contributed by atoms with Gasteiger partial charge in [-0.3, -0.25) is 0 Å². The van der Waals surface area contributed by atoms with Crippen LogP contribution in [0, 0.1) is 12.7 Å². The molecule has 0 spiro atoms. The molecule has 16 heavy (non-hydrogen) atoms. The third-order valence-electron chi connectivity index (χ3n) is 2.12. The van der Waals surface area contributed by atoms with Gasteiger partial charge in [-0.15, -0.1) is 0 Å². The van der Waals surface area contributed by atoms with Crippen LogP contribution >= 0.6 is 0 Å². The molecule has 2 nitrogen and oxygen atoms in total. The molecule has 0 aromatic heterocycles. The molecule has 0 saturated heterocycles. The molecule has 0 unspecified atom stereocenters. The fourth-order valence-electron chi connectivity index (χ4n) is 1.47. The normalized spacial score (nSPS) is 10.1. The number of anilines is 1. The smallest absolute Gasteiger partial charge is 0.129 e. The van der Waals surface area contributed by atoms with E-state index < -0.39 is 0 Å². The monoisotopic (exact) mass is 217 g/mol. The van der Waals surface area contributed by atoms with Crippen molar-refractivity contribution < 1.29 is 9.13 Å². The maximum absolute atomic E-state index is 12.7. The third-order valence-corrected chi connectivity index (χ3v) is 2.12. The lowest BCUT2D eigenvalue weighted by molar-refractivity contribution is 0.480. The second-order valence-electron chi connectivity index (χ2n) is 3.64. The van der Waals surface area contributed by atoms with Gasteiger partial charge in [0.2, 0.25) is 0 Å². The summed E-state index contributed by atoms with van der Waals surface area (Å²) < 4.78 is 18.2. The Morgan fingerprint density at radius 3 is 2.31 bits per heavy atom. The maximum Gasteiger partial charge on any atom is 0.129 e. The predicted molar refractivity (Wildman–Crippen MR) is 62.1 cm³/mol. The summed E-state index contributed by atoms with van der Waals surface area (Å²) in [5, 5.41) is 0. The zero-order chi connectivity index (χ0) is 11.5. The molecule has 0 fully saturated rings. The predicted octanol–water partition coefficient (Wildman–Crippen LogP) is 3.51. The van der Waals surface area contributed by atoms with E-state index >= 15 is 0 Å². The van der Waals surface area contributed by atoms with E-state index in [1.807, 2.05) is 19.1 Å². The van der Waals surface area contributed by atoms with Crippen LogP contribution in [0.3, 0.4) is 0 Å². The zero-order valence-corrected chi connectivity index (χ0v) is 8.91. The molecule has 82 valence electrons. The lowest BCUT2D eigenvalue weighted by Gasteiger charge is -2.07. The summed E-state index contributed by atoms with van der Waals surface area (Å²) in [5.41, 5.74) is 7.37. The largest absolute Gasteiger partial charge is 0.457 e. The van der Waals surface area contributed by atoms with Crippen LogP contribution in [-0.4, -0.2) is 0 Å². The quantitative estimate of drug-likeness (QED) is 0.781. The van der Waals surface area contributed by atoms with Crippen LogP contribution in [0.15, 0.2) is 42.5 Å². The van der Waals surface area contributed by atoms with E-state index in [0.29, 0.717) is 17.2 Å². The minimum atomic E-state index is -0.281. The van der Waals surface area contributed by atoms with Gasteiger partial charge in [-0.05, 0) is 48.9 Å².